The summed E-state index contributed by atoms with van der Waals surface area (Å²) in [4.78, 5) is 39.8. The van der Waals surface area contributed by atoms with Crippen LogP contribution in [-0.2, 0) is 0 Å². The number of nitro groups is 2. The topological polar surface area (TPSA) is 164 Å². The van der Waals surface area contributed by atoms with Crippen LogP contribution >= 0.6 is 0 Å². The van der Waals surface area contributed by atoms with Gasteiger partial charge in [0.1, 0.15) is 5.56 Å². The van der Waals surface area contributed by atoms with Gasteiger partial charge in [0.05, 0.1) is 47.6 Å². The first-order valence-corrected chi connectivity index (χ1v) is 14.3. The van der Waals surface area contributed by atoms with Crippen LogP contribution in [0.5, 0.6) is 0 Å². The standard InChI is InChI=1S/C16H36N.2C7H5NO4/c1-5-9-13-17(14-10-6-2,15-11-7-3)16-12-8-4;2*9-7(10)5-3-1-2-4-6(5)8(11)12/h5-16H2,1-4H3;2*1-4H,(H,9,10)/q+1;;/p-1. The summed E-state index contributed by atoms with van der Waals surface area (Å²) in [6.45, 7) is 15.0. The summed E-state index contributed by atoms with van der Waals surface area (Å²) < 4.78 is 1.42. The number of nitro benzene ring substituents is 2. The number of aromatic carboxylic acids is 2. The minimum Gasteiger partial charge on any atom is -0.545 e. The Morgan fingerprint density at radius 1 is 0.659 bits per heavy atom. The highest BCUT2D eigenvalue weighted by atomic mass is 16.6. The van der Waals surface area contributed by atoms with Crippen LogP contribution in [0.1, 0.15) is 99.8 Å². The lowest BCUT2D eigenvalue weighted by Gasteiger charge is -2.39. The first-order chi connectivity index (χ1) is 19.5. The SMILES string of the molecule is CCCC[N+](CCCC)(CCCC)CCCC.O=C(O)c1ccccc1[N+](=O)[O-].O=C([O-])c1ccccc1[N+](=O)[O-]. The van der Waals surface area contributed by atoms with Gasteiger partial charge in [0.2, 0.25) is 0 Å². The van der Waals surface area contributed by atoms with Gasteiger partial charge in [-0.25, -0.2) is 4.79 Å². The Labute approximate surface area is 242 Å². The number of hydrogen-bond donors (Lipinski definition) is 1. The number of hydrogen-bond acceptors (Lipinski definition) is 7. The van der Waals surface area contributed by atoms with Crippen molar-refractivity contribution < 1.29 is 34.1 Å². The lowest BCUT2D eigenvalue weighted by atomic mass is 10.1. The van der Waals surface area contributed by atoms with Crippen LogP contribution in [-0.4, -0.2) is 57.6 Å². The van der Waals surface area contributed by atoms with Crippen molar-refractivity contribution in [2.24, 2.45) is 0 Å². The fraction of sp³-hybridized carbons (Fsp3) is 0.533. The summed E-state index contributed by atoms with van der Waals surface area (Å²) in [7, 11) is 0. The van der Waals surface area contributed by atoms with Crippen molar-refractivity contribution in [2.75, 3.05) is 26.2 Å². The molecule has 41 heavy (non-hydrogen) atoms. The third-order valence-electron chi connectivity index (χ3n) is 6.60. The van der Waals surface area contributed by atoms with E-state index >= 15 is 0 Å². The van der Waals surface area contributed by atoms with Gasteiger partial charge in [-0.1, -0.05) is 77.6 Å². The maximum Gasteiger partial charge on any atom is 0.342 e. The molecule has 0 saturated carbocycles. The molecule has 11 heteroatoms. The van der Waals surface area contributed by atoms with Crippen molar-refractivity contribution in [3.05, 3.63) is 79.9 Å². The van der Waals surface area contributed by atoms with Crippen LogP contribution in [0.4, 0.5) is 11.4 Å². The van der Waals surface area contributed by atoms with Crippen molar-refractivity contribution >= 4 is 23.3 Å². The summed E-state index contributed by atoms with van der Waals surface area (Å²) in [5.74, 6) is -2.83. The Hall–Kier alpha value is -3.86. The molecule has 0 aliphatic rings. The number of rotatable bonds is 16. The summed E-state index contributed by atoms with van der Waals surface area (Å²) in [5.41, 5.74) is -1.52. The molecular formula is C30H45N3O8. The Morgan fingerprint density at radius 2 is 0.976 bits per heavy atom. The molecule has 0 radical (unpaired) electrons. The van der Waals surface area contributed by atoms with Gasteiger partial charge in [-0.2, -0.15) is 0 Å². The van der Waals surface area contributed by atoms with E-state index in [4.69, 9.17) is 5.11 Å². The van der Waals surface area contributed by atoms with Crippen molar-refractivity contribution in [1.29, 1.82) is 0 Å². The van der Waals surface area contributed by atoms with Crippen LogP contribution in [0, 0.1) is 20.2 Å². The molecule has 2 rings (SSSR count). The monoisotopic (exact) mass is 575 g/mol. The highest BCUT2D eigenvalue weighted by Gasteiger charge is 2.24. The van der Waals surface area contributed by atoms with Gasteiger partial charge in [0, 0.05) is 12.1 Å². The Kier molecular flexibility index (Phi) is 19.0. The molecule has 1 N–H and O–H groups in total. The van der Waals surface area contributed by atoms with Gasteiger partial charge in [-0.15, -0.1) is 0 Å². The number of quaternary nitrogens is 1. The van der Waals surface area contributed by atoms with Crippen LogP contribution in [0.15, 0.2) is 48.5 Å². The van der Waals surface area contributed by atoms with Crippen LogP contribution < -0.4 is 5.11 Å². The molecule has 0 atom stereocenters. The van der Waals surface area contributed by atoms with Gasteiger partial charge >= 0.3 is 5.97 Å². The zero-order valence-electron chi connectivity index (χ0n) is 24.8. The lowest BCUT2D eigenvalue weighted by Crippen LogP contribution is -2.50. The highest BCUT2D eigenvalue weighted by Crippen LogP contribution is 2.18. The number of carboxylic acid groups (broad SMARTS) is 2. The molecule has 0 fully saturated rings. The number of para-hydroxylation sites is 2. The summed E-state index contributed by atoms with van der Waals surface area (Å²) in [6.07, 6.45) is 11.1. The van der Waals surface area contributed by atoms with Gasteiger partial charge in [-0.3, -0.25) is 20.2 Å². The number of carbonyl (C=O) groups is 2. The van der Waals surface area contributed by atoms with E-state index in [1.54, 1.807) is 0 Å². The zero-order chi connectivity index (χ0) is 31.3. The van der Waals surface area contributed by atoms with Gasteiger partial charge in [0.15, 0.2) is 0 Å². The predicted octanol–water partition coefficient (Wildman–Crippen LogP) is 6.25. The minimum atomic E-state index is -1.54. The molecule has 0 amide bonds. The number of unbranched alkanes of at least 4 members (excludes halogenated alkanes) is 4. The summed E-state index contributed by atoms with van der Waals surface area (Å²) in [5, 5.41) is 39.3. The fourth-order valence-electron chi connectivity index (χ4n) is 4.26. The van der Waals surface area contributed by atoms with Crippen molar-refractivity contribution in [3.8, 4) is 0 Å². The maximum atomic E-state index is 10.4. The van der Waals surface area contributed by atoms with E-state index in [0.29, 0.717) is 0 Å². The second-order valence-electron chi connectivity index (χ2n) is 9.79. The van der Waals surface area contributed by atoms with Gasteiger partial charge < -0.3 is 19.5 Å². The van der Waals surface area contributed by atoms with E-state index in [1.165, 1.54) is 112 Å². The van der Waals surface area contributed by atoms with Crippen LogP contribution in [0.25, 0.3) is 0 Å². The summed E-state index contributed by atoms with van der Waals surface area (Å²) in [6, 6.07) is 10.3. The molecular weight excluding hydrogens is 530 g/mol. The maximum absolute atomic E-state index is 10.4. The summed E-state index contributed by atoms with van der Waals surface area (Å²) >= 11 is 0. The van der Waals surface area contributed by atoms with E-state index in [1.807, 2.05) is 0 Å². The van der Waals surface area contributed by atoms with E-state index in [2.05, 4.69) is 27.7 Å². The predicted molar refractivity (Wildman–Crippen MR) is 157 cm³/mol. The second-order valence-corrected chi connectivity index (χ2v) is 9.79. The van der Waals surface area contributed by atoms with Gasteiger partial charge in [0.25, 0.3) is 11.4 Å². The minimum absolute atomic E-state index is 0.289. The van der Waals surface area contributed by atoms with Crippen LogP contribution in [0.3, 0.4) is 0 Å². The molecule has 0 spiro atoms. The largest absolute Gasteiger partial charge is 0.545 e. The highest BCUT2D eigenvalue weighted by molar-refractivity contribution is 5.92. The third-order valence-corrected chi connectivity index (χ3v) is 6.60. The van der Waals surface area contributed by atoms with Gasteiger partial charge in [-0.05, 0) is 37.8 Å². The molecule has 0 aromatic heterocycles. The van der Waals surface area contributed by atoms with E-state index < -0.39 is 33.0 Å². The molecule has 11 nitrogen and oxygen atoms in total. The Morgan fingerprint density at radius 3 is 1.22 bits per heavy atom. The van der Waals surface area contributed by atoms with Crippen molar-refractivity contribution in [2.45, 2.75) is 79.1 Å². The van der Waals surface area contributed by atoms with Crippen molar-refractivity contribution in [1.82, 2.24) is 0 Å². The first-order valence-electron chi connectivity index (χ1n) is 14.3. The molecule has 2 aromatic carbocycles. The second kappa shape index (κ2) is 21.0. The molecule has 0 heterocycles. The third kappa shape index (κ3) is 14.4. The number of carbonyl (C=O) groups excluding carboxylic acids is 1. The van der Waals surface area contributed by atoms with E-state index in [0.717, 1.165) is 18.2 Å². The molecule has 0 unspecified atom stereocenters. The molecule has 2 aromatic rings. The molecule has 0 saturated heterocycles. The quantitative estimate of drug-likeness (QED) is 0.139. The molecule has 228 valence electrons. The normalized spacial score (nSPS) is 10.4. The first kappa shape index (κ1) is 37.1. The Bertz CT molecular complexity index is 920. The Balaban J connectivity index is 0.000000598. The average molecular weight is 576 g/mol. The number of carboxylic acids is 2. The van der Waals surface area contributed by atoms with Crippen LogP contribution in [0.2, 0.25) is 0 Å². The fourth-order valence-corrected chi connectivity index (χ4v) is 4.26. The lowest BCUT2D eigenvalue weighted by molar-refractivity contribution is -0.929. The number of benzene rings is 2. The van der Waals surface area contributed by atoms with E-state index in [9.17, 15) is 34.9 Å². The van der Waals surface area contributed by atoms with Crippen molar-refractivity contribution in [3.63, 3.8) is 0 Å². The average Bonchev–Trinajstić information content (AvgIpc) is 2.97. The molecule has 0 aliphatic heterocycles. The van der Waals surface area contributed by atoms with E-state index in [-0.39, 0.29) is 11.3 Å². The molecule has 0 bridgehead atoms. The molecule has 0 aliphatic carbocycles. The number of nitrogens with zero attached hydrogens (tertiary/aromatic N) is 3. The zero-order valence-corrected chi connectivity index (χ0v) is 24.8. The smallest absolute Gasteiger partial charge is 0.342 e.